The quantitative estimate of drug-likeness (QED) is 0.795. The van der Waals surface area contributed by atoms with Crippen LogP contribution in [0.25, 0.3) is 0 Å². The number of ether oxygens (including phenoxy) is 2. The second-order valence-corrected chi connectivity index (χ2v) is 6.34. The number of anilines is 2. The number of esters is 1. The minimum absolute atomic E-state index is 0.299. The molecule has 0 spiro atoms. The second kappa shape index (κ2) is 8.79. The summed E-state index contributed by atoms with van der Waals surface area (Å²) in [7, 11) is 0. The third-order valence-electron chi connectivity index (χ3n) is 4.26. The van der Waals surface area contributed by atoms with E-state index in [1.54, 1.807) is 12.1 Å². The molecule has 0 aliphatic carbocycles. The van der Waals surface area contributed by atoms with Crippen molar-refractivity contribution in [2.45, 2.75) is 13.0 Å². The third-order valence-corrected chi connectivity index (χ3v) is 4.26. The fourth-order valence-electron chi connectivity index (χ4n) is 2.77. The first-order chi connectivity index (χ1) is 13.4. The first-order valence-corrected chi connectivity index (χ1v) is 8.83. The summed E-state index contributed by atoms with van der Waals surface area (Å²) in [5.74, 6) is -3.33. The molecular weight excluding hydrogens is 370 g/mol. The molecule has 3 rings (SSSR count). The molecule has 0 aromatic heterocycles. The Labute approximate surface area is 161 Å². The predicted molar refractivity (Wildman–Crippen MR) is 99.3 cm³/mol. The second-order valence-electron chi connectivity index (χ2n) is 6.34. The van der Waals surface area contributed by atoms with Crippen LogP contribution in [0.15, 0.2) is 42.5 Å². The summed E-state index contributed by atoms with van der Waals surface area (Å²) < 4.78 is 36.7. The van der Waals surface area contributed by atoms with Gasteiger partial charge in [0.2, 0.25) is 0 Å². The molecule has 1 N–H and O–H groups in total. The van der Waals surface area contributed by atoms with Crippen molar-refractivity contribution in [3.63, 3.8) is 0 Å². The molecule has 0 bridgehead atoms. The molecule has 0 radical (unpaired) electrons. The fourth-order valence-corrected chi connectivity index (χ4v) is 2.77. The third kappa shape index (κ3) is 5.04. The van der Waals surface area contributed by atoms with E-state index in [2.05, 4.69) is 10.2 Å². The topological polar surface area (TPSA) is 67.9 Å². The number of hydrogen-bond donors (Lipinski definition) is 1. The molecule has 6 nitrogen and oxygen atoms in total. The van der Waals surface area contributed by atoms with Crippen LogP contribution >= 0.6 is 0 Å². The molecule has 0 saturated carbocycles. The normalized spacial score (nSPS) is 15.0. The Hall–Kier alpha value is -3.00. The van der Waals surface area contributed by atoms with Crippen LogP contribution in [0.3, 0.4) is 0 Å². The molecule has 148 valence electrons. The van der Waals surface area contributed by atoms with Crippen molar-refractivity contribution in [2.75, 3.05) is 36.5 Å². The molecule has 28 heavy (non-hydrogen) atoms. The molecule has 8 heteroatoms. The average molecular weight is 390 g/mol. The van der Waals surface area contributed by atoms with Crippen molar-refractivity contribution in [2.24, 2.45) is 0 Å². The molecule has 1 unspecified atom stereocenters. The van der Waals surface area contributed by atoms with E-state index in [4.69, 9.17) is 9.47 Å². The minimum atomic E-state index is -1.14. The van der Waals surface area contributed by atoms with Crippen LogP contribution < -0.4 is 10.2 Å². The van der Waals surface area contributed by atoms with E-state index in [-0.39, 0.29) is 5.56 Å². The number of carbonyl (C=O) groups is 2. The number of benzene rings is 2. The summed E-state index contributed by atoms with van der Waals surface area (Å²) in [6, 6.07) is 9.60. The van der Waals surface area contributed by atoms with Gasteiger partial charge >= 0.3 is 5.97 Å². The Bertz CT molecular complexity index is 832. The summed E-state index contributed by atoms with van der Waals surface area (Å²) in [6.07, 6.45) is -1.14. The highest BCUT2D eigenvalue weighted by molar-refractivity contribution is 5.97. The van der Waals surface area contributed by atoms with E-state index < -0.39 is 29.6 Å². The molecule has 2 aromatic rings. The Morgan fingerprint density at radius 2 is 1.68 bits per heavy atom. The largest absolute Gasteiger partial charge is 0.449 e. The van der Waals surface area contributed by atoms with Gasteiger partial charge in [0.05, 0.1) is 18.8 Å². The Balaban J connectivity index is 1.56. The van der Waals surface area contributed by atoms with Gasteiger partial charge in [0, 0.05) is 30.5 Å². The minimum Gasteiger partial charge on any atom is -0.449 e. The van der Waals surface area contributed by atoms with Gasteiger partial charge in [0.15, 0.2) is 6.10 Å². The van der Waals surface area contributed by atoms with Crippen molar-refractivity contribution in [1.29, 1.82) is 0 Å². The first kappa shape index (κ1) is 19.8. The summed E-state index contributed by atoms with van der Waals surface area (Å²) in [5.41, 5.74) is 1.27. The maximum absolute atomic E-state index is 13.2. The molecule has 1 atom stereocenters. The summed E-state index contributed by atoms with van der Waals surface area (Å²) >= 11 is 0. The lowest BCUT2D eigenvalue weighted by Crippen LogP contribution is -2.36. The van der Waals surface area contributed by atoms with E-state index in [0.29, 0.717) is 25.0 Å². The zero-order valence-electron chi connectivity index (χ0n) is 15.3. The summed E-state index contributed by atoms with van der Waals surface area (Å²) in [5, 5.41) is 2.64. The lowest BCUT2D eigenvalue weighted by atomic mass is 10.2. The van der Waals surface area contributed by atoms with Crippen molar-refractivity contribution >= 4 is 23.3 Å². The van der Waals surface area contributed by atoms with E-state index in [1.807, 2.05) is 12.1 Å². The van der Waals surface area contributed by atoms with Crippen molar-refractivity contribution < 1.29 is 27.8 Å². The van der Waals surface area contributed by atoms with Gasteiger partial charge in [-0.05, 0) is 43.3 Å². The van der Waals surface area contributed by atoms with Gasteiger partial charge in [-0.25, -0.2) is 13.6 Å². The molecule has 1 aliphatic rings. The van der Waals surface area contributed by atoms with Gasteiger partial charge in [-0.2, -0.15) is 0 Å². The monoisotopic (exact) mass is 390 g/mol. The molecule has 2 aromatic carbocycles. The van der Waals surface area contributed by atoms with E-state index in [0.717, 1.165) is 30.9 Å². The van der Waals surface area contributed by atoms with Gasteiger partial charge in [0.25, 0.3) is 5.91 Å². The van der Waals surface area contributed by atoms with Crippen LogP contribution in [0.2, 0.25) is 0 Å². The maximum atomic E-state index is 13.2. The van der Waals surface area contributed by atoms with Crippen LogP contribution in [0, 0.1) is 11.6 Å². The highest BCUT2D eigenvalue weighted by Crippen LogP contribution is 2.19. The lowest BCUT2D eigenvalue weighted by Gasteiger charge is -2.28. The molecule has 1 heterocycles. The van der Waals surface area contributed by atoms with Crippen LogP contribution in [-0.2, 0) is 14.3 Å². The van der Waals surface area contributed by atoms with E-state index in [1.165, 1.54) is 6.92 Å². The number of halogens is 2. The molecule has 1 aliphatic heterocycles. The number of hydrogen-bond acceptors (Lipinski definition) is 5. The smallest absolute Gasteiger partial charge is 0.339 e. The van der Waals surface area contributed by atoms with Crippen molar-refractivity contribution in [3.05, 3.63) is 59.7 Å². The van der Waals surface area contributed by atoms with Crippen molar-refractivity contribution in [1.82, 2.24) is 0 Å². The first-order valence-electron chi connectivity index (χ1n) is 8.83. The highest BCUT2D eigenvalue weighted by Gasteiger charge is 2.20. The van der Waals surface area contributed by atoms with Crippen LogP contribution in [0.1, 0.15) is 17.3 Å². The van der Waals surface area contributed by atoms with Crippen molar-refractivity contribution in [3.8, 4) is 0 Å². The van der Waals surface area contributed by atoms with Gasteiger partial charge in [0.1, 0.15) is 11.6 Å². The van der Waals surface area contributed by atoms with Gasteiger partial charge in [-0.3, -0.25) is 4.79 Å². The maximum Gasteiger partial charge on any atom is 0.339 e. The molecule has 1 amide bonds. The fraction of sp³-hybridized carbons (Fsp3) is 0.300. The zero-order valence-corrected chi connectivity index (χ0v) is 15.3. The van der Waals surface area contributed by atoms with Crippen LogP contribution in [0.5, 0.6) is 0 Å². The van der Waals surface area contributed by atoms with Gasteiger partial charge < -0.3 is 19.7 Å². The van der Waals surface area contributed by atoms with Crippen LogP contribution in [-0.4, -0.2) is 44.3 Å². The van der Waals surface area contributed by atoms with Gasteiger partial charge in [-0.15, -0.1) is 0 Å². The molecular formula is C20H20F2N2O4. The number of nitrogens with zero attached hydrogens (tertiary/aromatic N) is 1. The standard InChI is InChI=1S/C20H20F2N2O4/c1-13(28-20(26)14-10-15(21)12-16(22)11-14)19(25)23-17-2-4-18(5-3-17)24-6-8-27-9-7-24/h2-5,10-13H,6-9H2,1H3,(H,23,25). The van der Waals surface area contributed by atoms with Crippen LogP contribution in [0.4, 0.5) is 20.2 Å². The molecule has 1 fully saturated rings. The predicted octanol–water partition coefficient (Wildman–Crippen LogP) is 2.99. The average Bonchev–Trinajstić information content (AvgIpc) is 2.68. The Kier molecular flexibility index (Phi) is 6.20. The number of amides is 1. The lowest BCUT2D eigenvalue weighted by molar-refractivity contribution is -0.123. The zero-order chi connectivity index (χ0) is 20.1. The highest BCUT2D eigenvalue weighted by atomic mass is 19.1. The number of carbonyl (C=O) groups excluding carboxylic acids is 2. The Morgan fingerprint density at radius 3 is 2.29 bits per heavy atom. The van der Waals surface area contributed by atoms with Gasteiger partial charge in [-0.1, -0.05) is 0 Å². The molecule has 1 saturated heterocycles. The summed E-state index contributed by atoms with van der Waals surface area (Å²) in [4.78, 5) is 26.4. The Morgan fingerprint density at radius 1 is 1.07 bits per heavy atom. The number of rotatable bonds is 5. The SMILES string of the molecule is CC(OC(=O)c1cc(F)cc(F)c1)C(=O)Nc1ccc(N2CCOCC2)cc1. The van der Waals surface area contributed by atoms with E-state index in [9.17, 15) is 18.4 Å². The summed E-state index contributed by atoms with van der Waals surface area (Å²) in [6.45, 7) is 4.34. The number of nitrogens with one attached hydrogen (secondary N) is 1. The van der Waals surface area contributed by atoms with E-state index >= 15 is 0 Å². The number of morpholine rings is 1.